The number of hydrogen-bond acceptors (Lipinski definition) is 6. The van der Waals surface area contributed by atoms with Crippen LogP contribution in [0.5, 0.6) is 11.5 Å². The summed E-state index contributed by atoms with van der Waals surface area (Å²) in [5.74, 6) is 0.704. The zero-order valence-electron chi connectivity index (χ0n) is 14.9. The number of aryl methyl sites for hydroxylation is 1. The van der Waals surface area contributed by atoms with Gasteiger partial charge in [-0.15, -0.1) is 0 Å². The van der Waals surface area contributed by atoms with Crippen LogP contribution in [0.1, 0.15) is 11.1 Å². The van der Waals surface area contributed by atoms with Crippen molar-refractivity contribution in [3.8, 4) is 17.6 Å². The molecule has 0 atom stereocenters. The Labute approximate surface area is 160 Å². The third-order valence-electron chi connectivity index (χ3n) is 3.76. The van der Waals surface area contributed by atoms with E-state index >= 15 is 0 Å². The molecule has 136 valence electrons. The van der Waals surface area contributed by atoms with Crippen molar-refractivity contribution in [2.45, 2.75) is 6.92 Å². The summed E-state index contributed by atoms with van der Waals surface area (Å²) in [4.78, 5) is 16.7. The van der Waals surface area contributed by atoms with Crippen LogP contribution in [0.3, 0.4) is 0 Å². The van der Waals surface area contributed by atoms with Crippen LogP contribution in [-0.2, 0) is 4.79 Å². The Morgan fingerprint density at radius 1 is 1.33 bits per heavy atom. The molecule has 1 N–H and O–H groups in total. The molecular weight excluding hydrogens is 362 g/mol. The lowest BCUT2D eigenvalue weighted by Gasteiger charge is -2.08. The van der Waals surface area contributed by atoms with Crippen molar-refractivity contribution in [2.75, 3.05) is 19.0 Å². The Morgan fingerprint density at radius 3 is 2.93 bits per heavy atom. The van der Waals surface area contributed by atoms with Gasteiger partial charge in [-0.1, -0.05) is 29.5 Å². The van der Waals surface area contributed by atoms with Crippen LogP contribution in [0.15, 0.2) is 42.5 Å². The van der Waals surface area contributed by atoms with E-state index in [0.717, 1.165) is 21.3 Å². The summed E-state index contributed by atoms with van der Waals surface area (Å²) in [5, 5.41) is 11.9. The Kier molecular flexibility index (Phi) is 5.69. The number of methoxy groups -OCH3 is 1. The molecule has 0 saturated heterocycles. The third-order valence-corrected chi connectivity index (χ3v) is 4.69. The first kappa shape index (κ1) is 18.4. The monoisotopic (exact) mass is 379 g/mol. The minimum atomic E-state index is -0.268. The molecule has 0 aliphatic carbocycles. The van der Waals surface area contributed by atoms with Gasteiger partial charge in [0, 0.05) is 6.08 Å². The van der Waals surface area contributed by atoms with Crippen molar-refractivity contribution in [3.05, 3.63) is 53.6 Å². The number of aromatic nitrogens is 1. The largest absolute Gasteiger partial charge is 0.493 e. The number of fused-ring (bicyclic) bond motifs is 1. The highest BCUT2D eigenvalue weighted by Gasteiger charge is 2.08. The Morgan fingerprint density at radius 2 is 2.19 bits per heavy atom. The summed E-state index contributed by atoms with van der Waals surface area (Å²) >= 11 is 1.44. The van der Waals surface area contributed by atoms with E-state index in [2.05, 4.69) is 10.3 Å². The SMILES string of the molecule is COc1cc(/C=C/C(=O)Nc2nc3c(C)cccc3s2)ccc1OCC#N. The molecule has 0 aliphatic heterocycles. The first-order valence-corrected chi connectivity index (χ1v) is 8.95. The van der Waals surface area contributed by atoms with Crippen molar-refractivity contribution < 1.29 is 14.3 Å². The van der Waals surface area contributed by atoms with Gasteiger partial charge in [0.25, 0.3) is 0 Å². The van der Waals surface area contributed by atoms with Gasteiger partial charge in [-0.2, -0.15) is 5.26 Å². The van der Waals surface area contributed by atoms with E-state index in [4.69, 9.17) is 14.7 Å². The van der Waals surface area contributed by atoms with Crippen LogP contribution in [-0.4, -0.2) is 24.6 Å². The summed E-state index contributed by atoms with van der Waals surface area (Å²) in [7, 11) is 1.52. The van der Waals surface area contributed by atoms with Gasteiger partial charge < -0.3 is 9.47 Å². The van der Waals surface area contributed by atoms with E-state index in [1.165, 1.54) is 24.5 Å². The predicted molar refractivity (Wildman–Crippen MR) is 106 cm³/mol. The van der Waals surface area contributed by atoms with E-state index in [-0.39, 0.29) is 12.5 Å². The highest BCUT2D eigenvalue weighted by molar-refractivity contribution is 7.22. The molecule has 7 heteroatoms. The number of nitriles is 1. The number of thiazole rings is 1. The second-order valence-electron chi connectivity index (χ2n) is 5.62. The van der Waals surface area contributed by atoms with Gasteiger partial charge in [0.1, 0.15) is 6.07 Å². The van der Waals surface area contributed by atoms with Crippen LogP contribution < -0.4 is 14.8 Å². The van der Waals surface area contributed by atoms with Gasteiger partial charge in [-0.3, -0.25) is 10.1 Å². The molecule has 1 amide bonds. The van der Waals surface area contributed by atoms with Crippen LogP contribution >= 0.6 is 11.3 Å². The van der Waals surface area contributed by atoms with Crippen molar-refractivity contribution >= 4 is 38.7 Å². The zero-order chi connectivity index (χ0) is 19.2. The molecule has 0 radical (unpaired) electrons. The molecular formula is C20H17N3O3S. The highest BCUT2D eigenvalue weighted by Crippen LogP contribution is 2.29. The van der Waals surface area contributed by atoms with E-state index in [0.29, 0.717) is 16.6 Å². The van der Waals surface area contributed by atoms with Crippen LogP contribution in [0, 0.1) is 18.3 Å². The minimum absolute atomic E-state index is 0.0599. The number of carbonyl (C=O) groups excluding carboxylic acids is 1. The molecule has 0 saturated carbocycles. The van der Waals surface area contributed by atoms with Crippen molar-refractivity contribution in [1.82, 2.24) is 4.98 Å². The molecule has 3 rings (SSSR count). The van der Waals surface area contributed by atoms with Crippen LogP contribution in [0.4, 0.5) is 5.13 Å². The van der Waals surface area contributed by atoms with E-state index < -0.39 is 0 Å². The van der Waals surface area contributed by atoms with Gasteiger partial charge in [0.15, 0.2) is 23.2 Å². The molecule has 6 nitrogen and oxygen atoms in total. The fourth-order valence-electron chi connectivity index (χ4n) is 2.48. The maximum absolute atomic E-state index is 12.2. The third kappa shape index (κ3) is 4.43. The van der Waals surface area contributed by atoms with Gasteiger partial charge in [-0.05, 0) is 42.3 Å². The number of rotatable bonds is 6. The zero-order valence-corrected chi connectivity index (χ0v) is 15.7. The van der Waals surface area contributed by atoms with Crippen LogP contribution in [0.2, 0.25) is 0 Å². The summed E-state index contributed by atoms with van der Waals surface area (Å²) in [5.41, 5.74) is 2.75. The smallest absolute Gasteiger partial charge is 0.250 e. The number of para-hydroxylation sites is 1. The van der Waals surface area contributed by atoms with Crippen LogP contribution in [0.25, 0.3) is 16.3 Å². The number of nitrogens with zero attached hydrogens (tertiary/aromatic N) is 2. The minimum Gasteiger partial charge on any atom is -0.493 e. The fraction of sp³-hybridized carbons (Fsp3) is 0.150. The standard InChI is InChI=1S/C20H17N3O3S/c1-13-4-3-5-17-19(13)23-20(27-17)22-18(24)9-7-14-6-8-15(26-11-10-21)16(12-14)25-2/h3-9,12H,11H2,1-2H3,(H,22,23,24)/b9-7+. The van der Waals surface area contributed by atoms with Gasteiger partial charge >= 0.3 is 0 Å². The average Bonchev–Trinajstić information content (AvgIpc) is 3.08. The fourth-order valence-corrected chi connectivity index (χ4v) is 3.42. The lowest BCUT2D eigenvalue weighted by Crippen LogP contribution is -2.07. The number of ether oxygens (including phenoxy) is 2. The number of hydrogen-bond donors (Lipinski definition) is 1. The van der Waals surface area contributed by atoms with Gasteiger partial charge in [-0.25, -0.2) is 4.98 Å². The first-order chi connectivity index (χ1) is 13.1. The Bertz CT molecular complexity index is 1050. The molecule has 0 unspecified atom stereocenters. The number of nitrogens with one attached hydrogen (secondary N) is 1. The Balaban J connectivity index is 1.70. The lowest BCUT2D eigenvalue weighted by molar-refractivity contribution is -0.111. The molecule has 2 aromatic carbocycles. The highest BCUT2D eigenvalue weighted by atomic mass is 32.1. The van der Waals surface area contributed by atoms with E-state index in [1.54, 1.807) is 24.3 Å². The average molecular weight is 379 g/mol. The summed E-state index contributed by atoms with van der Waals surface area (Å²) < 4.78 is 11.6. The van der Waals surface area contributed by atoms with Gasteiger partial charge in [0.2, 0.25) is 5.91 Å². The molecule has 1 aromatic heterocycles. The topological polar surface area (TPSA) is 84.2 Å². The normalized spacial score (nSPS) is 10.7. The quantitative estimate of drug-likeness (QED) is 0.650. The Hall–Kier alpha value is -3.37. The number of benzene rings is 2. The molecule has 0 fully saturated rings. The molecule has 0 bridgehead atoms. The lowest BCUT2D eigenvalue weighted by atomic mass is 10.2. The number of amides is 1. The van der Waals surface area contributed by atoms with E-state index in [9.17, 15) is 4.79 Å². The number of anilines is 1. The maximum atomic E-state index is 12.2. The van der Waals surface area contributed by atoms with Crippen molar-refractivity contribution in [3.63, 3.8) is 0 Å². The molecule has 3 aromatic rings. The van der Waals surface area contributed by atoms with Crippen molar-refractivity contribution in [2.24, 2.45) is 0 Å². The first-order valence-electron chi connectivity index (χ1n) is 8.13. The second-order valence-corrected chi connectivity index (χ2v) is 6.65. The summed E-state index contributed by atoms with van der Waals surface area (Å²) in [6, 6.07) is 13.1. The molecule has 0 aliphatic rings. The molecule has 27 heavy (non-hydrogen) atoms. The summed E-state index contributed by atoms with van der Waals surface area (Å²) in [6.07, 6.45) is 3.11. The van der Waals surface area contributed by atoms with Gasteiger partial charge in [0.05, 0.1) is 17.3 Å². The molecule has 1 heterocycles. The molecule has 0 spiro atoms. The second kappa shape index (κ2) is 8.34. The van der Waals surface area contributed by atoms with E-state index in [1.807, 2.05) is 31.2 Å². The number of carbonyl (C=O) groups is 1. The summed E-state index contributed by atoms with van der Waals surface area (Å²) in [6.45, 7) is 1.93. The maximum Gasteiger partial charge on any atom is 0.250 e. The predicted octanol–water partition coefficient (Wildman–Crippen LogP) is 4.17. The van der Waals surface area contributed by atoms with Crippen molar-refractivity contribution in [1.29, 1.82) is 5.26 Å².